The minimum atomic E-state index is -0.901. The van der Waals surface area contributed by atoms with Gasteiger partial charge < -0.3 is 14.6 Å². The Morgan fingerprint density at radius 2 is 1.68 bits per heavy atom. The Morgan fingerprint density at radius 1 is 1.00 bits per heavy atom. The maximum Gasteiger partial charge on any atom is 0.306 e. The number of benzene rings is 2. The summed E-state index contributed by atoms with van der Waals surface area (Å²) in [4.78, 5) is 41.6. The number of hydrogen-bond donors (Lipinski definition) is 2. The van der Waals surface area contributed by atoms with Crippen LogP contribution in [0, 0.1) is 17.3 Å². The number of aldehydes is 1. The Morgan fingerprint density at radius 3 is 2.27 bits per heavy atom. The first-order valence-electron chi connectivity index (χ1n) is 13.9. The van der Waals surface area contributed by atoms with E-state index < -0.39 is 23.4 Å². The van der Waals surface area contributed by atoms with Crippen molar-refractivity contribution >= 4 is 18.2 Å². The molecule has 2 aromatic carbocycles. The number of esters is 1. The second-order valence-corrected chi connectivity index (χ2v) is 11.4. The molecule has 0 radical (unpaired) electrons. The van der Waals surface area contributed by atoms with E-state index in [1.54, 1.807) is 11.2 Å². The first-order chi connectivity index (χ1) is 19.6. The maximum atomic E-state index is 13.5. The van der Waals surface area contributed by atoms with E-state index in [-0.39, 0.29) is 31.2 Å². The lowest BCUT2D eigenvalue weighted by atomic mass is 9.78. The Hall–Kier alpha value is -3.88. The first-order valence-corrected chi connectivity index (χ1v) is 13.9. The second kappa shape index (κ2) is 15.2. The molecule has 0 bridgehead atoms. The molecule has 0 spiro atoms. The molecule has 2 N–H and O–H groups in total. The fourth-order valence-electron chi connectivity index (χ4n) is 4.75. The number of aromatic nitrogens is 1. The summed E-state index contributed by atoms with van der Waals surface area (Å²) in [7, 11) is 1.30. The van der Waals surface area contributed by atoms with Crippen LogP contribution in [-0.2, 0) is 32.1 Å². The molecule has 218 valence electrons. The van der Waals surface area contributed by atoms with Crippen molar-refractivity contribution in [1.82, 2.24) is 15.4 Å². The third-order valence-electron chi connectivity index (χ3n) is 7.21. The minimum absolute atomic E-state index is 0.0667. The first kappa shape index (κ1) is 31.6. The topological polar surface area (TPSA) is 109 Å². The number of nitrogens with zero attached hydrogens (tertiary/aromatic N) is 2. The number of aliphatic hydroxyl groups excluding tert-OH is 1. The van der Waals surface area contributed by atoms with Crippen LogP contribution in [0.3, 0.4) is 0 Å². The number of methoxy groups -OCH3 is 1. The van der Waals surface area contributed by atoms with Crippen LogP contribution in [0.15, 0.2) is 79.0 Å². The molecule has 3 atom stereocenters. The largest absolute Gasteiger partial charge is 0.469 e. The number of nitrogens with one attached hydrogen (secondary N) is 1. The Labute approximate surface area is 242 Å². The van der Waals surface area contributed by atoms with Crippen molar-refractivity contribution in [3.05, 3.63) is 90.1 Å². The highest BCUT2D eigenvalue weighted by molar-refractivity contribution is 5.84. The van der Waals surface area contributed by atoms with Crippen LogP contribution in [-0.4, -0.2) is 53.0 Å². The average Bonchev–Trinajstić information content (AvgIpc) is 2.96. The molecule has 0 aliphatic heterocycles. The number of carbonyl (C=O) groups excluding carboxylic acids is 3. The third kappa shape index (κ3) is 9.92. The zero-order chi connectivity index (χ0) is 29.8. The van der Waals surface area contributed by atoms with Gasteiger partial charge in [0.1, 0.15) is 6.29 Å². The molecule has 0 saturated heterocycles. The number of rotatable bonds is 14. The summed E-state index contributed by atoms with van der Waals surface area (Å²) in [6, 6.07) is 23.3. The lowest BCUT2D eigenvalue weighted by molar-refractivity contribution is -0.148. The van der Waals surface area contributed by atoms with E-state index in [1.165, 1.54) is 7.11 Å². The van der Waals surface area contributed by atoms with Gasteiger partial charge in [-0.3, -0.25) is 20.0 Å². The van der Waals surface area contributed by atoms with Gasteiger partial charge in [-0.1, -0.05) is 81.4 Å². The lowest BCUT2D eigenvalue weighted by Crippen LogP contribution is -2.51. The minimum Gasteiger partial charge on any atom is -0.469 e. The molecule has 1 amide bonds. The van der Waals surface area contributed by atoms with Crippen molar-refractivity contribution in [2.75, 3.05) is 13.7 Å². The number of hydrogen-bond acceptors (Lipinski definition) is 7. The summed E-state index contributed by atoms with van der Waals surface area (Å²) in [6.07, 6.45) is 2.30. The second-order valence-electron chi connectivity index (χ2n) is 11.4. The third-order valence-corrected chi connectivity index (χ3v) is 7.21. The number of aliphatic hydroxyl groups is 1. The van der Waals surface area contributed by atoms with Crippen molar-refractivity contribution in [3.8, 4) is 11.3 Å². The van der Waals surface area contributed by atoms with Crippen LogP contribution >= 0.6 is 0 Å². The van der Waals surface area contributed by atoms with Crippen molar-refractivity contribution in [3.63, 3.8) is 0 Å². The molecule has 0 fully saturated rings. The molecular weight excluding hydrogens is 518 g/mol. The van der Waals surface area contributed by atoms with Crippen molar-refractivity contribution in [1.29, 1.82) is 0 Å². The van der Waals surface area contributed by atoms with Crippen LogP contribution in [0.5, 0.6) is 0 Å². The summed E-state index contributed by atoms with van der Waals surface area (Å²) in [5, 5.41) is 13.0. The van der Waals surface area contributed by atoms with Crippen LogP contribution in [0.25, 0.3) is 11.3 Å². The monoisotopic (exact) mass is 559 g/mol. The summed E-state index contributed by atoms with van der Waals surface area (Å²) in [5.41, 5.74) is 6.20. The standard InChI is InChI=1S/C33H41N3O5/c1-33(2,3)28(21-31(39)41-4)32(40)35-36(22-25-13-15-26(16-14-25)29-12-8-9-18-34-29)23-30(38)27(17-19-37)20-24-10-6-5-7-11-24/h5-16,18-19,27-28,30,38H,17,20-23H2,1-4H3,(H,35,40)/t27-,28+,30-/m0/s1. The predicted molar refractivity (Wildman–Crippen MR) is 158 cm³/mol. The molecule has 0 aliphatic rings. The van der Waals surface area contributed by atoms with Gasteiger partial charge in [-0.2, -0.15) is 0 Å². The van der Waals surface area contributed by atoms with Gasteiger partial charge in [-0.25, -0.2) is 5.01 Å². The molecule has 1 aromatic heterocycles. The van der Waals surface area contributed by atoms with Gasteiger partial charge in [-0.05, 0) is 41.0 Å². The number of ether oxygens (including phenoxy) is 1. The molecule has 3 aromatic rings. The quantitative estimate of drug-likeness (QED) is 0.169. The molecule has 41 heavy (non-hydrogen) atoms. The summed E-state index contributed by atoms with van der Waals surface area (Å²) in [6.45, 7) is 6.09. The van der Waals surface area contributed by atoms with Crippen LogP contribution in [0.1, 0.15) is 44.7 Å². The van der Waals surface area contributed by atoms with Crippen LogP contribution in [0.2, 0.25) is 0 Å². The highest BCUT2D eigenvalue weighted by Crippen LogP contribution is 2.30. The zero-order valence-electron chi connectivity index (χ0n) is 24.3. The predicted octanol–water partition coefficient (Wildman–Crippen LogP) is 4.62. The molecule has 3 rings (SSSR count). The van der Waals surface area contributed by atoms with Crippen molar-refractivity contribution in [2.24, 2.45) is 17.3 Å². The van der Waals surface area contributed by atoms with Gasteiger partial charge in [0.05, 0.1) is 31.2 Å². The van der Waals surface area contributed by atoms with Gasteiger partial charge in [0.2, 0.25) is 5.91 Å². The summed E-state index contributed by atoms with van der Waals surface area (Å²) < 4.78 is 4.84. The molecule has 8 nitrogen and oxygen atoms in total. The van der Waals surface area contributed by atoms with E-state index in [2.05, 4.69) is 10.4 Å². The van der Waals surface area contributed by atoms with E-state index in [0.29, 0.717) is 13.0 Å². The van der Waals surface area contributed by atoms with E-state index in [0.717, 1.165) is 28.7 Å². The normalized spacial score (nSPS) is 13.7. The van der Waals surface area contributed by atoms with Crippen molar-refractivity contribution in [2.45, 2.75) is 52.7 Å². The van der Waals surface area contributed by atoms with E-state index >= 15 is 0 Å². The SMILES string of the molecule is COC(=O)C[C@H](C(=O)NN(Cc1ccc(-c2ccccn2)cc1)C[C@H](O)[C@@H](CC=O)Cc1ccccc1)C(C)(C)C. The van der Waals surface area contributed by atoms with E-state index in [9.17, 15) is 19.5 Å². The van der Waals surface area contributed by atoms with Gasteiger partial charge in [-0.15, -0.1) is 0 Å². The highest BCUT2D eigenvalue weighted by atomic mass is 16.5. The number of carbonyl (C=O) groups is 3. The van der Waals surface area contributed by atoms with Crippen molar-refractivity contribution < 1.29 is 24.2 Å². The number of amides is 1. The van der Waals surface area contributed by atoms with E-state index in [4.69, 9.17) is 4.74 Å². The maximum absolute atomic E-state index is 13.5. The molecule has 0 aliphatic carbocycles. The Bertz CT molecular complexity index is 1240. The fraction of sp³-hybridized carbons (Fsp3) is 0.394. The van der Waals surface area contributed by atoms with Crippen LogP contribution < -0.4 is 5.43 Å². The smallest absolute Gasteiger partial charge is 0.306 e. The van der Waals surface area contributed by atoms with Gasteiger partial charge in [0.15, 0.2) is 0 Å². The molecular formula is C33H41N3O5. The van der Waals surface area contributed by atoms with Gasteiger partial charge in [0.25, 0.3) is 0 Å². The fourth-order valence-corrected chi connectivity index (χ4v) is 4.75. The van der Waals surface area contributed by atoms with Gasteiger partial charge in [0, 0.05) is 31.3 Å². The molecule has 1 heterocycles. The zero-order valence-corrected chi connectivity index (χ0v) is 24.3. The lowest BCUT2D eigenvalue weighted by Gasteiger charge is -2.34. The average molecular weight is 560 g/mol. The number of pyridine rings is 1. The van der Waals surface area contributed by atoms with E-state index in [1.807, 2.05) is 93.6 Å². The Balaban J connectivity index is 1.83. The molecule has 0 saturated carbocycles. The molecule has 8 heteroatoms. The summed E-state index contributed by atoms with van der Waals surface area (Å²) >= 11 is 0. The Kier molecular flexibility index (Phi) is 11.7. The van der Waals surface area contributed by atoms with Gasteiger partial charge >= 0.3 is 5.97 Å². The highest BCUT2D eigenvalue weighted by Gasteiger charge is 2.35. The van der Waals surface area contributed by atoms with Crippen LogP contribution in [0.4, 0.5) is 0 Å². The number of hydrazine groups is 1. The molecule has 0 unspecified atom stereocenters. The summed E-state index contributed by atoms with van der Waals surface area (Å²) in [5.74, 6) is -1.80.